The van der Waals surface area contributed by atoms with Crippen LogP contribution in [-0.2, 0) is 10.3 Å². The van der Waals surface area contributed by atoms with Crippen LogP contribution in [0.15, 0.2) is 58.9 Å². The van der Waals surface area contributed by atoms with E-state index in [1.165, 1.54) is 0 Å². The van der Waals surface area contributed by atoms with E-state index in [9.17, 15) is 8.42 Å². The molecule has 0 saturated heterocycles. The molecular formula is C15H15N3O2S. The van der Waals surface area contributed by atoms with Crippen LogP contribution in [0.3, 0.4) is 0 Å². The first-order valence-electron chi connectivity index (χ1n) is 6.60. The summed E-state index contributed by atoms with van der Waals surface area (Å²) in [5.41, 5.74) is 1.99. The Bertz CT molecular complexity index is 768. The zero-order valence-electron chi connectivity index (χ0n) is 11.5. The normalized spacial score (nSPS) is 20.0. The number of fused-ring (bicyclic) bond motifs is 1. The van der Waals surface area contributed by atoms with Crippen LogP contribution in [-0.4, -0.2) is 32.7 Å². The number of anilines is 1. The average Bonchev–Trinajstić information content (AvgIpc) is 2.54. The van der Waals surface area contributed by atoms with Crippen molar-refractivity contribution in [2.75, 3.05) is 11.9 Å². The van der Waals surface area contributed by atoms with Crippen molar-refractivity contribution in [1.82, 2.24) is 5.32 Å². The van der Waals surface area contributed by atoms with Crippen molar-refractivity contribution in [2.45, 2.75) is 12.5 Å². The molecule has 1 atom stereocenters. The number of nitrogens with zero attached hydrogens (tertiary/aromatic N) is 2. The molecule has 1 aliphatic heterocycles. The Morgan fingerprint density at radius 2 is 2.05 bits per heavy atom. The van der Waals surface area contributed by atoms with E-state index in [4.69, 9.17) is 0 Å². The zero-order chi connectivity index (χ0) is 14.8. The Morgan fingerprint density at radius 3 is 2.76 bits per heavy atom. The van der Waals surface area contributed by atoms with Gasteiger partial charge in [-0.1, -0.05) is 24.3 Å². The van der Waals surface area contributed by atoms with Crippen LogP contribution in [0.4, 0.5) is 5.69 Å². The average molecular weight is 301 g/mol. The molecule has 1 unspecified atom stereocenters. The molecule has 1 N–H and O–H groups in total. The van der Waals surface area contributed by atoms with Crippen LogP contribution in [0.1, 0.15) is 6.42 Å². The third kappa shape index (κ3) is 2.62. The predicted molar refractivity (Wildman–Crippen MR) is 85.0 cm³/mol. The van der Waals surface area contributed by atoms with Gasteiger partial charge in [-0.25, -0.2) is 0 Å². The minimum Gasteiger partial charge on any atom is -0.333 e. The summed E-state index contributed by atoms with van der Waals surface area (Å²) in [5, 5.41) is 3.14. The zero-order valence-corrected chi connectivity index (χ0v) is 12.3. The molecule has 3 rings (SSSR count). The van der Waals surface area contributed by atoms with Crippen LogP contribution in [0.25, 0.3) is 0 Å². The third-order valence-corrected chi connectivity index (χ3v) is 4.33. The molecule has 0 fully saturated rings. The van der Waals surface area contributed by atoms with Gasteiger partial charge in [0.2, 0.25) is 10.3 Å². The van der Waals surface area contributed by atoms with E-state index in [0.29, 0.717) is 11.3 Å². The van der Waals surface area contributed by atoms with Gasteiger partial charge >= 0.3 is 0 Å². The molecule has 1 aromatic rings. The van der Waals surface area contributed by atoms with Crippen molar-refractivity contribution in [3.63, 3.8) is 0 Å². The van der Waals surface area contributed by atoms with E-state index in [1.54, 1.807) is 12.4 Å². The van der Waals surface area contributed by atoms with E-state index in [2.05, 4.69) is 10.3 Å². The summed E-state index contributed by atoms with van der Waals surface area (Å²) in [6.45, 7) is 0. The SMILES string of the molecule is CN(C1=C2CC(=S(=O)=O)C=CC2N=CN1)c1ccccc1. The number of hydrogen-bond donors (Lipinski definition) is 1. The maximum atomic E-state index is 11.2. The molecule has 0 radical (unpaired) electrons. The highest BCUT2D eigenvalue weighted by Crippen LogP contribution is 2.27. The number of benzene rings is 1. The first-order chi connectivity index (χ1) is 10.2. The molecule has 1 aromatic carbocycles. The smallest absolute Gasteiger partial charge is 0.217 e. The van der Waals surface area contributed by atoms with Gasteiger partial charge in [-0.05, 0) is 18.2 Å². The highest BCUT2D eigenvalue weighted by atomic mass is 32.2. The van der Waals surface area contributed by atoms with E-state index in [1.807, 2.05) is 48.4 Å². The van der Waals surface area contributed by atoms with Crippen LogP contribution < -0.4 is 10.2 Å². The fraction of sp³-hybridized carbons (Fsp3) is 0.200. The van der Waals surface area contributed by atoms with Gasteiger partial charge in [-0.3, -0.25) is 4.99 Å². The first-order valence-corrected chi connectivity index (χ1v) is 7.67. The van der Waals surface area contributed by atoms with Gasteiger partial charge in [0.25, 0.3) is 0 Å². The maximum Gasteiger partial charge on any atom is 0.217 e. The second-order valence-electron chi connectivity index (χ2n) is 4.87. The van der Waals surface area contributed by atoms with E-state index in [-0.39, 0.29) is 6.04 Å². The number of rotatable bonds is 2. The largest absolute Gasteiger partial charge is 0.333 e. The predicted octanol–water partition coefficient (Wildman–Crippen LogP) is 1.35. The van der Waals surface area contributed by atoms with Crippen LogP contribution in [0.2, 0.25) is 0 Å². The molecule has 6 heteroatoms. The van der Waals surface area contributed by atoms with Crippen molar-refractivity contribution in [3.05, 3.63) is 53.9 Å². The lowest BCUT2D eigenvalue weighted by Crippen LogP contribution is -2.36. The Kier molecular flexibility index (Phi) is 3.62. The van der Waals surface area contributed by atoms with Gasteiger partial charge in [0, 0.05) is 24.7 Å². The van der Waals surface area contributed by atoms with E-state index < -0.39 is 10.3 Å². The lowest BCUT2D eigenvalue weighted by molar-refractivity contribution is 0.626. The molecule has 2 aliphatic rings. The number of allylic oxidation sites excluding steroid dienone is 1. The number of para-hydroxylation sites is 1. The van der Waals surface area contributed by atoms with Gasteiger partial charge < -0.3 is 10.2 Å². The molecular weight excluding hydrogens is 286 g/mol. The lowest BCUT2D eigenvalue weighted by atomic mass is 9.95. The third-order valence-electron chi connectivity index (χ3n) is 3.62. The topological polar surface area (TPSA) is 61.8 Å². The molecule has 0 aromatic heterocycles. The summed E-state index contributed by atoms with van der Waals surface area (Å²) >= 11 is 0. The van der Waals surface area contributed by atoms with E-state index in [0.717, 1.165) is 17.1 Å². The first kappa shape index (κ1) is 13.6. The monoisotopic (exact) mass is 301 g/mol. The summed E-state index contributed by atoms with van der Waals surface area (Å²) in [5.74, 6) is 0.883. The van der Waals surface area contributed by atoms with Crippen molar-refractivity contribution in [2.24, 2.45) is 4.99 Å². The Hall–Kier alpha value is -2.34. The molecule has 108 valence electrons. The second kappa shape index (κ2) is 5.57. The van der Waals surface area contributed by atoms with Gasteiger partial charge in [-0.15, -0.1) is 0 Å². The molecule has 1 heterocycles. The standard InChI is InChI=1S/C15H15N3O2S/c1-18(11-5-3-2-4-6-11)15-13-9-12(21(19)20)7-8-14(13)16-10-17-15/h2-8,10,14H,9H2,1H3,(H,16,17). The molecule has 0 saturated carbocycles. The van der Waals surface area contributed by atoms with Gasteiger partial charge in [-0.2, -0.15) is 8.42 Å². The van der Waals surface area contributed by atoms with Gasteiger partial charge in [0.15, 0.2) is 0 Å². The highest BCUT2D eigenvalue weighted by molar-refractivity contribution is 7.73. The van der Waals surface area contributed by atoms with Crippen LogP contribution >= 0.6 is 0 Å². The molecule has 5 nitrogen and oxygen atoms in total. The minimum absolute atomic E-state index is 0.0975. The fourth-order valence-electron chi connectivity index (χ4n) is 2.51. The Morgan fingerprint density at radius 1 is 1.29 bits per heavy atom. The maximum absolute atomic E-state index is 11.2. The molecule has 0 spiro atoms. The summed E-state index contributed by atoms with van der Waals surface area (Å²) in [4.78, 5) is 6.75. The van der Waals surface area contributed by atoms with Crippen molar-refractivity contribution >= 4 is 27.2 Å². The molecule has 0 bridgehead atoms. The minimum atomic E-state index is -2.19. The van der Waals surface area contributed by atoms with Crippen LogP contribution in [0, 0.1) is 0 Å². The van der Waals surface area contributed by atoms with Crippen molar-refractivity contribution < 1.29 is 8.42 Å². The molecule has 1 aliphatic carbocycles. The number of aliphatic imine (C=N–C) groups is 1. The fourth-order valence-corrected chi connectivity index (χ4v) is 2.97. The Labute approximate surface area is 124 Å². The summed E-state index contributed by atoms with van der Waals surface area (Å²) in [7, 11) is -0.241. The Balaban J connectivity index is 2.05. The number of nitrogens with one attached hydrogen (secondary N) is 1. The summed E-state index contributed by atoms with van der Waals surface area (Å²) in [6, 6.07) is 9.81. The molecule has 21 heavy (non-hydrogen) atoms. The summed E-state index contributed by atoms with van der Waals surface area (Å²) < 4.78 is 22.4. The lowest BCUT2D eigenvalue weighted by Gasteiger charge is -2.31. The van der Waals surface area contributed by atoms with Crippen LogP contribution in [0.5, 0.6) is 0 Å². The highest BCUT2D eigenvalue weighted by Gasteiger charge is 2.26. The quantitative estimate of drug-likeness (QED) is 0.838. The second-order valence-corrected chi connectivity index (χ2v) is 5.87. The number of hydrogen-bond acceptors (Lipinski definition) is 5. The molecule has 0 amide bonds. The van der Waals surface area contributed by atoms with Gasteiger partial charge in [0.05, 0.1) is 17.2 Å². The van der Waals surface area contributed by atoms with Crippen molar-refractivity contribution in [1.29, 1.82) is 0 Å². The van der Waals surface area contributed by atoms with Crippen molar-refractivity contribution in [3.8, 4) is 0 Å². The van der Waals surface area contributed by atoms with E-state index >= 15 is 0 Å². The summed E-state index contributed by atoms with van der Waals surface area (Å²) in [6.07, 6.45) is 5.50. The van der Waals surface area contributed by atoms with Gasteiger partial charge in [0.1, 0.15) is 5.82 Å².